The van der Waals surface area contributed by atoms with Gasteiger partial charge in [0, 0.05) is 16.3 Å². The van der Waals surface area contributed by atoms with Gasteiger partial charge in [-0.2, -0.15) is 0 Å². The number of carbonyl (C=O) groups is 3. The predicted molar refractivity (Wildman–Crippen MR) is 169 cm³/mol. The highest BCUT2D eigenvalue weighted by molar-refractivity contribution is 7.92. The molecule has 1 heterocycles. The third-order valence-electron chi connectivity index (χ3n) is 7.29. The number of ether oxygens (including phenoxy) is 1. The molecule has 3 aromatic rings. The van der Waals surface area contributed by atoms with Gasteiger partial charge in [-0.1, -0.05) is 35.9 Å². The molecule has 4 rings (SSSR count). The average Bonchev–Trinajstić information content (AvgIpc) is 2.86. The van der Waals surface area contributed by atoms with Crippen LogP contribution in [0.15, 0.2) is 53.4 Å². The number of benzene rings is 3. The number of halogens is 1. The molecule has 0 atom stereocenters. The minimum atomic E-state index is -3.90. The van der Waals surface area contributed by atoms with Crippen LogP contribution in [0.3, 0.4) is 0 Å². The van der Waals surface area contributed by atoms with Crippen LogP contribution in [0.2, 0.25) is 5.02 Å². The number of nitrogens with one attached hydrogen (secondary N) is 2. The van der Waals surface area contributed by atoms with Gasteiger partial charge in [0.25, 0.3) is 15.9 Å². The van der Waals surface area contributed by atoms with E-state index < -0.39 is 39.1 Å². The van der Waals surface area contributed by atoms with Gasteiger partial charge >= 0.3 is 12.1 Å². The number of hydrogen-bond acceptors (Lipinski definition) is 6. The molecule has 0 bridgehead atoms. The summed E-state index contributed by atoms with van der Waals surface area (Å²) in [5, 5.41) is 13.0. The van der Waals surface area contributed by atoms with E-state index in [0.717, 1.165) is 5.56 Å². The van der Waals surface area contributed by atoms with Gasteiger partial charge in [0.15, 0.2) is 5.54 Å². The molecule has 0 aromatic heterocycles. The number of sulfonamides is 1. The first-order valence-corrected chi connectivity index (χ1v) is 15.7. The van der Waals surface area contributed by atoms with E-state index in [1.807, 2.05) is 6.07 Å². The maximum Gasteiger partial charge on any atom is 0.410 e. The Kier molecular flexibility index (Phi) is 8.78. The molecule has 1 aliphatic rings. The topological polar surface area (TPSA) is 142 Å². The van der Waals surface area contributed by atoms with E-state index in [2.05, 4.69) is 10.0 Å². The van der Waals surface area contributed by atoms with Crippen LogP contribution in [0.4, 0.5) is 10.5 Å². The SMILES string of the molecule is Cc1cc(S(=O)(=O)Nc2cccc(-c3cc(C)c(C(=O)NC4(C(=O)O)CN(C(=O)OC(C)(C)C)C4)c(C)c3)c2)c(C)cc1Cl. The van der Waals surface area contributed by atoms with Gasteiger partial charge in [0.2, 0.25) is 0 Å². The molecule has 2 amide bonds. The summed E-state index contributed by atoms with van der Waals surface area (Å²) in [6, 6.07) is 13.6. The Morgan fingerprint density at radius 1 is 0.909 bits per heavy atom. The van der Waals surface area contributed by atoms with Gasteiger partial charge in [-0.15, -0.1) is 0 Å². The first kappa shape index (κ1) is 32.8. The number of anilines is 1. The fraction of sp³-hybridized carbons (Fsp3) is 0.344. The Morgan fingerprint density at radius 3 is 2.09 bits per heavy atom. The summed E-state index contributed by atoms with van der Waals surface area (Å²) in [6.45, 7) is 11.6. The first-order valence-electron chi connectivity index (χ1n) is 13.9. The van der Waals surface area contributed by atoms with Crippen molar-refractivity contribution in [2.45, 2.75) is 64.5 Å². The molecule has 1 saturated heterocycles. The van der Waals surface area contributed by atoms with Crippen molar-refractivity contribution in [1.82, 2.24) is 10.2 Å². The number of carbonyl (C=O) groups excluding carboxylic acids is 2. The molecule has 0 aliphatic carbocycles. The Balaban J connectivity index is 1.55. The number of carboxylic acid groups (broad SMARTS) is 1. The second-order valence-corrected chi connectivity index (χ2v) is 14.3. The molecule has 0 unspecified atom stereocenters. The van der Waals surface area contributed by atoms with Crippen molar-refractivity contribution in [3.8, 4) is 11.1 Å². The maximum absolute atomic E-state index is 13.4. The van der Waals surface area contributed by atoms with Crippen LogP contribution in [0.1, 0.15) is 53.4 Å². The van der Waals surface area contributed by atoms with Gasteiger partial charge < -0.3 is 20.1 Å². The normalized spacial score (nSPS) is 14.4. The minimum absolute atomic E-state index is 0.131. The second kappa shape index (κ2) is 11.8. The van der Waals surface area contributed by atoms with E-state index >= 15 is 0 Å². The molecule has 3 aromatic carbocycles. The lowest BCUT2D eigenvalue weighted by molar-refractivity contribution is -0.151. The molecule has 0 spiro atoms. The summed E-state index contributed by atoms with van der Waals surface area (Å²) in [5.74, 6) is -1.83. The van der Waals surface area contributed by atoms with Crippen molar-refractivity contribution in [3.05, 3.63) is 81.4 Å². The van der Waals surface area contributed by atoms with Crippen LogP contribution in [0.5, 0.6) is 0 Å². The highest BCUT2D eigenvalue weighted by atomic mass is 35.5. The van der Waals surface area contributed by atoms with Crippen LogP contribution in [-0.2, 0) is 19.6 Å². The standard InChI is InChI=1S/C32H36ClN3O7S/c1-18-14-26(19(2)13-25(18)33)44(41,42)35-24-10-8-9-22(15-24)23-11-20(3)27(21(4)12-23)28(37)34-32(29(38)39)16-36(17-32)30(40)43-31(5,6)7/h8-15,35H,16-17H2,1-7H3,(H,34,37)(H,38,39). The number of amides is 2. The fourth-order valence-corrected chi connectivity index (χ4v) is 6.69. The Labute approximate surface area is 262 Å². The van der Waals surface area contributed by atoms with Gasteiger partial charge in [0.1, 0.15) is 5.60 Å². The zero-order chi connectivity index (χ0) is 32.8. The maximum atomic E-state index is 13.4. The summed E-state index contributed by atoms with van der Waals surface area (Å²) in [7, 11) is -3.90. The van der Waals surface area contributed by atoms with Gasteiger partial charge in [-0.3, -0.25) is 9.52 Å². The van der Waals surface area contributed by atoms with E-state index in [1.54, 1.807) is 84.9 Å². The summed E-state index contributed by atoms with van der Waals surface area (Å²) >= 11 is 6.15. The minimum Gasteiger partial charge on any atom is -0.479 e. The largest absolute Gasteiger partial charge is 0.479 e. The van der Waals surface area contributed by atoms with Gasteiger partial charge in [-0.05, 0) is 106 Å². The fourth-order valence-electron chi connectivity index (χ4n) is 5.11. The van der Waals surface area contributed by atoms with E-state index in [4.69, 9.17) is 16.3 Å². The molecule has 0 radical (unpaired) electrons. The van der Waals surface area contributed by atoms with Crippen LogP contribution in [0, 0.1) is 27.7 Å². The molecule has 12 heteroatoms. The van der Waals surface area contributed by atoms with Crippen LogP contribution in [0.25, 0.3) is 11.1 Å². The number of carboxylic acids is 1. The smallest absolute Gasteiger partial charge is 0.410 e. The van der Waals surface area contributed by atoms with Crippen molar-refractivity contribution in [2.75, 3.05) is 17.8 Å². The Hall–Kier alpha value is -4.09. The first-order chi connectivity index (χ1) is 20.3. The summed E-state index contributed by atoms with van der Waals surface area (Å²) in [4.78, 5) is 39.3. The lowest BCUT2D eigenvalue weighted by atomic mass is 9.88. The van der Waals surface area contributed by atoms with E-state index in [1.165, 1.54) is 11.0 Å². The molecular weight excluding hydrogens is 606 g/mol. The lowest BCUT2D eigenvalue weighted by Crippen LogP contribution is -2.75. The summed E-state index contributed by atoms with van der Waals surface area (Å²) in [5.41, 5.74) is 2.10. The van der Waals surface area contributed by atoms with Crippen molar-refractivity contribution >= 4 is 45.3 Å². The van der Waals surface area contributed by atoms with Crippen molar-refractivity contribution in [1.29, 1.82) is 0 Å². The average molecular weight is 642 g/mol. The van der Waals surface area contributed by atoms with Crippen molar-refractivity contribution in [2.24, 2.45) is 0 Å². The second-order valence-electron chi connectivity index (χ2n) is 12.2. The molecule has 234 valence electrons. The Morgan fingerprint density at radius 2 is 1.52 bits per heavy atom. The van der Waals surface area contributed by atoms with Crippen molar-refractivity contribution < 1.29 is 32.6 Å². The summed E-state index contributed by atoms with van der Waals surface area (Å²) < 4.78 is 34.4. The van der Waals surface area contributed by atoms with Gasteiger partial charge in [-0.25, -0.2) is 18.0 Å². The molecule has 1 aliphatic heterocycles. The highest BCUT2D eigenvalue weighted by Crippen LogP contribution is 2.31. The quantitative estimate of drug-likeness (QED) is 0.294. The van der Waals surface area contributed by atoms with Crippen LogP contribution >= 0.6 is 11.6 Å². The molecule has 44 heavy (non-hydrogen) atoms. The molecule has 0 saturated carbocycles. The van der Waals surface area contributed by atoms with Crippen LogP contribution < -0.4 is 10.0 Å². The molecule has 1 fully saturated rings. The van der Waals surface area contributed by atoms with Crippen molar-refractivity contribution in [3.63, 3.8) is 0 Å². The number of likely N-dealkylation sites (tertiary alicyclic amines) is 1. The number of hydrogen-bond donors (Lipinski definition) is 3. The van der Waals surface area contributed by atoms with Gasteiger partial charge in [0.05, 0.1) is 18.0 Å². The molecular formula is C32H36ClN3O7S. The number of rotatable bonds is 7. The van der Waals surface area contributed by atoms with E-state index in [9.17, 15) is 27.9 Å². The zero-order valence-corrected chi connectivity index (χ0v) is 27.2. The predicted octanol–water partition coefficient (Wildman–Crippen LogP) is 5.85. The van der Waals surface area contributed by atoms with Crippen LogP contribution in [-0.4, -0.2) is 60.6 Å². The Bertz CT molecular complexity index is 1750. The number of aryl methyl sites for hydroxylation is 4. The highest BCUT2D eigenvalue weighted by Gasteiger charge is 2.54. The lowest BCUT2D eigenvalue weighted by Gasteiger charge is -2.47. The monoisotopic (exact) mass is 641 g/mol. The zero-order valence-electron chi connectivity index (χ0n) is 25.7. The van der Waals surface area contributed by atoms with E-state index in [-0.39, 0.29) is 18.0 Å². The summed E-state index contributed by atoms with van der Waals surface area (Å²) in [6.07, 6.45) is -0.650. The molecule has 3 N–H and O–H groups in total. The number of aliphatic carboxylic acids is 1. The molecule has 10 nitrogen and oxygen atoms in total. The third-order valence-corrected chi connectivity index (χ3v) is 9.22. The van der Waals surface area contributed by atoms with E-state index in [0.29, 0.717) is 44.1 Å². The number of nitrogens with zero attached hydrogens (tertiary/aromatic N) is 1. The third kappa shape index (κ3) is 6.84.